The maximum absolute atomic E-state index is 14.0. The van der Waals surface area contributed by atoms with Crippen molar-refractivity contribution in [2.24, 2.45) is 11.8 Å². The first-order valence-corrected chi connectivity index (χ1v) is 16.2. The maximum Gasteiger partial charge on any atom is 0.234 e. The zero-order chi connectivity index (χ0) is 31.8. The second kappa shape index (κ2) is 15.4. The first-order chi connectivity index (χ1) is 21.7. The van der Waals surface area contributed by atoms with Crippen LogP contribution < -0.4 is 15.4 Å². The Balaban J connectivity index is 1.32. The lowest BCUT2D eigenvalue weighted by atomic mass is 9.85. The molecule has 1 aromatic carbocycles. The van der Waals surface area contributed by atoms with Gasteiger partial charge in [0, 0.05) is 31.3 Å². The zero-order valence-electron chi connectivity index (χ0n) is 26.5. The van der Waals surface area contributed by atoms with Gasteiger partial charge in [0.15, 0.2) is 11.6 Å². The number of ether oxygens (including phenoxy) is 4. The molecule has 1 aliphatic carbocycles. The smallest absolute Gasteiger partial charge is 0.234 e. The molecule has 0 bridgehead atoms. The van der Waals surface area contributed by atoms with Gasteiger partial charge in [0.25, 0.3) is 0 Å². The molecule has 1 aromatic rings. The third-order valence-corrected chi connectivity index (χ3v) is 9.31. The fourth-order valence-corrected chi connectivity index (χ4v) is 6.23. The number of allylic oxidation sites excluding steroid dienone is 1. The first kappa shape index (κ1) is 33.2. The largest absolute Gasteiger partial charge is 0.497 e. The van der Waals surface area contributed by atoms with E-state index in [1.165, 1.54) is 5.57 Å². The number of amides is 2. The van der Waals surface area contributed by atoms with Crippen LogP contribution in [-0.4, -0.2) is 106 Å². The minimum atomic E-state index is -0.894. The van der Waals surface area contributed by atoms with Crippen LogP contribution in [0.1, 0.15) is 51.0 Å². The summed E-state index contributed by atoms with van der Waals surface area (Å²) in [5, 5.41) is 5.99. The highest BCUT2D eigenvalue weighted by Crippen LogP contribution is 2.31. The summed E-state index contributed by atoms with van der Waals surface area (Å²) in [5.74, 6) is -1.18. The molecule has 0 aromatic heterocycles. The van der Waals surface area contributed by atoms with Crippen molar-refractivity contribution in [3.8, 4) is 5.75 Å². The Morgan fingerprint density at radius 3 is 2.36 bits per heavy atom. The molecule has 4 aliphatic rings. The van der Waals surface area contributed by atoms with Gasteiger partial charge in [0.2, 0.25) is 11.8 Å². The van der Waals surface area contributed by atoms with E-state index in [2.05, 4.69) is 16.7 Å². The molecule has 3 fully saturated rings. The number of carbonyl (C=O) groups is 4. The number of epoxide rings is 1. The Bertz CT molecular complexity index is 1230. The molecule has 11 nitrogen and oxygen atoms in total. The monoisotopic (exact) mass is 625 g/mol. The van der Waals surface area contributed by atoms with E-state index in [-0.39, 0.29) is 48.7 Å². The van der Waals surface area contributed by atoms with Gasteiger partial charge in [0.05, 0.1) is 58.8 Å². The number of ketones is 2. The van der Waals surface area contributed by atoms with Gasteiger partial charge in [-0.1, -0.05) is 23.8 Å². The van der Waals surface area contributed by atoms with Crippen molar-refractivity contribution in [3.63, 3.8) is 0 Å². The minimum Gasteiger partial charge on any atom is -0.497 e. The third kappa shape index (κ3) is 9.22. The number of rotatable bonds is 16. The number of nitrogens with zero attached hydrogens (tertiary/aromatic N) is 1. The molecular formula is C34H47N3O8. The number of carbonyl (C=O) groups excluding carboxylic acids is 4. The molecule has 45 heavy (non-hydrogen) atoms. The molecule has 0 saturated carbocycles. The molecule has 2 N–H and O–H groups in total. The van der Waals surface area contributed by atoms with Crippen LogP contribution in [0.15, 0.2) is 35.9 Å². The van der Waals surface area contributed by atoms with E-state index in [0.29, 0.717) is 58.3 Å². The third-order valence-electron chi connectivity index (χ3n) is 9.31. The van der Waals surface area contributed by atoms with Crippen LogP contribution in [-0.2, 0) is 39.8 Å². The van der Waals surface area contributed by atoms with Crippen molar-refractivity contribution in [3.05, 3.63) is 41.5 Å². The van der Waals surface area contributed by atoms with Crippen molar-refractivity contribution in [1.82, 2.24) is 15.5 Å². The summed E-state index contributed by atoms with van der Waals surface area (Å²) in [6.45, 7) is 5.46. The first-order valence-electron chi connectivity index (χ1n) is 16.2. The summed E-state index contributed by atoms with van der Waals surface area (Å²) in [5.41, 5.74) is 1.13. The number of hydrogen-bond donors (Lipinski definition) is 2. The van der Waals surface area contributed by atoms with Crippen LogP contribution in [0, 0.1) is 11.8 Å². The number of Topliss-reactive ketones (excluding diaryl/α,β-unsaturated/α-hetero) is 2. The fourth-order valence-electron chi connectivity index (χ4n) is 6.23. The number of hydrogen-bond acceptors (Lipinski definition) is 9. The van der Waals surface area contributed by atoms with Gasteiger partial charge in [0.1, 0.15) is 11.4 Å². The standard InChI is InChI=1S/C34H47N3O8/c1-34(22-45-34)32(40)28(17-23-6-4-3-5-7-23)35-33(41)25(16-24-8-10-27(42-2)11-9-24)18-29(38)31(26-20-44-21-26)36-30(39)19-37-12-14-43-15-13-37/h6,8-11,25-26,28,31H,3-5,7,12-22H2,1-2H3,(H,35,41)(H,36,39)/t25-,28+,31+,34-/m1/s1. The predicted molar refractivity (Wildman–Crippen MR) is 166 cm³/mol. The molecule has 5 rings (SSSR count). The van der Waals surface area contributed by atoms with E-state index < -0.39 is 23.6 Å². The van der Waals surface area contributed by atoms with E-state index in [9.17, 15) is 19.2 Å². The van der Waals surface area contributed by atoms with Crippen molar-refractivity contribution < 1.29 is 38.1 Å². The molecule has 4 atom stereocenters. The highest BCUT2D eigenvalue weighted by molar-refractivity contribution is 5.98. The number of benzene rings is 1. The summed E-state index contributed by atoms with van der Waals surface area (Å²) < 4.78 is 21.5. The molecule has 0 radical (unpaired) electrons. The lowest BCUT2D eigenvalue weighted by Gasteiger charge is -2.35. The summed E-state index contributed by atoms with van der Waals surface area (Å²) in [6.07, 6.45) is 6.87. The van der Waals surface area contributed by atoms with Crippen molar-refractivity contribution in [1.29, 1.82) is 0 Å². The predicted octanol–water partition coefficient (Wildman–Crippen LogP) is 2.01. The summed E-state index contributed by atoms with van der Waals surface area (Å²) in [7, 11) is 1.59. The zero-order valence-corrected chi connectivity index (χ0v) is 26.5. The topological polar surface area (TPSA) is 136 Å². The molecule has 3 aliphatic heterocycles. The van der Waals surface area contributed by atoms with E-state index in [1.54, 1.807) is 14.0 Å². The van der Waals surface area contributed by atoms with Gasteiger partial charge in [-0.15, -0.1) is 0 Å². The Hall–Kier alpha value is -3.12. The molecule has 0 spiro atoms. The molecule has 0 unspecified atom stereocenters. The number of methoxy groups -OCH3 is 1. The summed E-state index contributed by atoms with van der Waals surface area (Å²) in [6, 6.07) is 5.88. The Labute approximate surface area is 265 Å². The Morgan fingerprint density at radius 1 is 1.02 bits per heavy atom. The fraction of sp³-hybridized carbons (Fsp3) is 0.647. The van der Waals surface area contributed by atoms with E-state index in [4.69, 9.17) is 18.9 Å². The minimum absolute atomic E-state index is 0.0890. The van der Waals surface area contributed by atoms with Crippen molar-refractivity contribution >= 4 is 23.4 Å². The van der Waals surface area contributed by atoms with Gasteiger partial charge < -0.3 is 29.6 Å². The summed E-state index contributed by atoms with van der Waals surface area (Å²) >= 11 is 0. The Kier molecular flexibility index (Phi) is 11.4. The van der Waals surface area contributed by atoms with Crippen LogP contribution in [0.4, 0.5) is 0 Å². The van der Waals surface area contributed by atoms with Gasteiger partial charge >= 0.3 is 0 Å². The lowest BCUT2D eigenvalue weighted by molar-refractivity contribution is -0.138. The van der Waals surface area contributed by atoms with Crippen molar-refractivity contribution in [2.45, 2.75) is 69.6 Å². The van der Waals surface area contributed by atoms with Gasteiger partial charge in [-0.25, -0.2) is 0 Å². The molecular weight excluding hydrogens is 578 g/mol. The quantitative estimate of drug-likeness (QED) is 0.209. The average molecular weight is 626 g/mol. The maximum atomic E-state index is 14.0. The molecule has 11 heteroatoms. The van der Waals surface area contributed by atoms with E-state index >= 15 is 0 Å². The Morgan fingerprint density at radius 2 is 1.76 bits per heavy atom. The molecule has 2 amide bonds. The van der Waals surface area contributed by atoms with Gasteiger partial charge in [-0.2, -0.15) is 0 Å². The van der Waals surface area contributed by atoms with Crippen LogP contribution in [0.5, 0.6) is 5.75 Å². The van der Waals surface area contributed by atoms with Gasteiger partial charge in [-0.3, -0.25) is 24.1 Å². The van der Waals surface area contributed by atoms with Crippen LogP contribution >= 0.6 is 0 Å². The van der Waals surface area contributed by atoms with E-state index in [0.717, 1.165) is 31.2 Å². The highest BCUT2D eigenvalue weighted by Gasteiger charge is 2.50. The summed E-state index contributed by atoms with van der Waals surface area (Å²) in [4.78, 5) is 56.5. The average Bonchev–Trinajstić information content (AvgIpc) is 3.78. The second-order valence-electron chi connectivity index (χ2n) is 12.9. The number of morpholine rings is 1. The normalized spacial score (nSPS) is 23.9. The van der Waals surface area contributed by atoms with Crippen molar-refractivity contribution in [2.75, 3.05) is 59.8 Å². The lowest BCUT2D eigenvalue weighted by Crippen LogP contribution is -2.55. The van der Waals surface area contributed by atoms with Crippen LogP contribution in [0.25, 0.3) is 0 Å². The SMILES string of the molecule is COc1ccc(C[C@H](CC(=O)[C@@H](NC(=O)CN2CCOCC2)C2COC2)C(=O)N[C@@H](CC2=CCCCC2)C(=O)[C@@]2(C)CO2)cc1. The van der Waals surface area contributed by atoms with E-state index in [1.807, 2.05) is 29.2 Å². The van der Waals surface area contributed by atoms with Crippen LogP contribution in [0.3, 0.4) is 0 Å². The molecule has 3 heterocycles. The molecule has 3 saturated heterocycles. The second-order valence-corrected chi connectivity index (χ2v) is 12.9. The molecule has 246 valence electrons. The highest BCUT2D eigenvalue weighted by atomic mass is 16.6. The van der Waals surface area contributed by atoms with Crippen LogP contribution in [0.2, 0.25) is 0 Å². The van der Waals surface area contributed by atoms with Gasteiger partial charge in [-0.05, 0) is 63.1 Å². The number of nitrogens with one attached hydrogen (secondary N) is 2.